The van der Waals surface area contributed by atoms with Crippen LogP contribution < -0.4 is 5.32 Å². The van der Waals surface area contributed by atoms with Gasteiger partial charge in [0.15, 0.2) is 9.84 Å². The van der Waals surface area contributed by atoms with Crippen LogP contribution in [-0.2, 0) is 20.0 Å². The molecule has 0 aliphatic heterocycles. The van der Waals surface area contributed by atoms with Crippen LogP contribution in [0, 0.1) is 0 Å². The van der Waals surface area contributed by atoms with Crippen molar-refractivity contribution in [2.24, 2.45) is 0 Å². The molecule has 3 aromatic rings. The summed E-state index contributed by atoms with van der Waals surface area (Å²) in [5.74, 6) is -0.352. The number of aromatic nitrogens is 4. The average Bonchev–Trinajstić information content (AvgIpc) is 3.14. The second-order valence-corrected chi connectivity index (χ2v) is 11.8. The minimum Gasteiger partial charge on any atom is -0.324 e. The maximum absolute atomic E-state index is 12.4. The molecule has 8 nitrogen and oxygen atoms in total. The number of halogens is 2. The summed E-state index contributed by atoms with van der Waals surface area (Å²) in [6, 6.07) is 9.81. The van der Waals surface area contributed by atoms with Crippen LogP contribution in [0.3, 0.4) is 0 Å². The molecule has 1 amide bonds. The summed E-state index contributed by atoms with van der Waals surface area (Å²) >= 11 is 13.7. The highest BCUT2D eigenvalue weighted by Crippen LogP contribution is 2.30. The Morgan fingerprint density at radius 1 is 1.12 bits per heavy atom. The van der Waals surface area contributed by atoms with Gasteiger partial charge in [-0.1, -0.05) is 61.8 Å². The van der Waals surface area contributed by atoms with Crippen LogP contribution in [0.25, 0.3) is 5.69 Å². The standard InChI is InChI=1S/C20H21Cl2N5O3S2/c1-20(2,3)12-5-8-17(15(22)9-12)27-19(24-25-26-27)31-11-18(28)23-16-7-6-13(10-14(16)21)32(4,29)30/h5-10H,11H2,1-4H3,(H,23,28). The van der Waals surface area contributed by atoms with Crippen molar-refractivity contribution in [1.82, 2.24) is 20.2 Å². The molecular weight excluding hydrogens is 493 g/mol. The summed E-state index contributed by atoms with van der Waals surface area (Å²) in [5, 5.41) is 15.3. The quantitative estimate of drug-likeness (QED) is 0.486. The van der Waals surface area contributed by atoms with Crippen molar-refractivity contribution in [2.75, 3.05) is 17.3 Å². The van der Waals surface area contributed by atoms with Gasteiger partial charge in [-0.2, -0.15) is 4.68 Å². The van der Waals surface area contributed by atoms with Gasteiger partial charge in [-0.15, -0.1) is 5.10 Å². The fraction of sp³-hybridized carbons (Fsp3) is 0.300. The van der Waals surface area contributed by atoms with Crippen molar-refractivity contribution in [3.63, 3.8) is 0 Å². The van der Waals surface area contributed by atoms with Gasteiger partial charge in [-0.25, -0.2) is 8.42 Å². The van der Waals surface area contributed by atoms with Crippen LogP contribution in [0.15, 0.2) is 46.5 Å². The number of rotatable bonds is 6. The first-order valence-electron chi connectivity index (χ1n) is 9.37. The van der Waals surface area contributed by atoms with Crippen molar-refractivity contribution in [3.05, 3.63) is 52.0 Å². The number of hydrogen-bond acceptors (Lipinski definition) is 7. The summed E-state index contributed by atoms with van der Waals surface area (Å²) in [7, 11) is -3.39. The Morgan fingerprint density at radius 2 is 1.84 bits per heavy atom. The molecule has 2 aromatic carbocycles. The number of amides is 1. The van der Waals surface area contributed by atoms with Crippen molar-refractivity contribution >= 4 is 56.4 Å². The predicted molar refractivity (Wildman–Crippen MR) is 127 cm³/mol. The number of benzene rings is 2. The van der Waals surface area contributed by atoms with E-state index in [0.29, 0.717) is 21.6 Å². The third-order valence-corrected chi connectivity index (χ3v) is 7.10. The predicted octanol–water partition coefficient (Wildman–Crippen LogP) is 4.40. The molecule has 1 N–H and O–H groups in total. The van der Waals surface area contributed by atoms with Crippen LogP contribution in [0.1, 0.15) is 26.3 Å². The molecule has 0 atom stereocenters. The van der Waals surface area contributed by atoms with E-state index in [1.54, 1.807) is 0 Å². The number of hydrogen-bond donors (Lipinski definition) is 1. The van der Waals surface area contributed by atoms with Crippen LogP contribution >= 0.6 is 35.0 Å². The van der Waals surface area contributed by atoms with Gasteiger partial charge in [0, 0.05) is 6.26 Å². The van der Waals surface area contributed by atoms with Gasteiger partial charge in [0.25, 0.3) is 0 Å². The van der Waals surface area contributed by atoms with E-state index in [1.807, 2.05) is 18.2 Å². The summed E-state index contributed by atoms with van der Waals surface area (Å²) in [6.45, 7) is 6.28. The zero-order valence-corrected chi connectivity index (χ0v) is 20.9. The lowest BCUT2D eigenvalue weighted by atomic mass is 9.87. The minimum absolute atomic E-state index is 0.00221. The molecule has 1 aromatic heterocycles. The zero-order valence-electron chi connectivity index (χ0n) is 17.8. The third-order valence-electron chi connectivity index (χ3n) is 4.46. The van der Waals surface area contributed by atoms with E-state index in [-0.39, 0.29) is 27.0 Å². The van der Waals surface area contributed by atoms with Crippen LogP contribution in [0.4, 0.5) is 5.69 Å². The molecule has 0 saturated carbocycles. The fourth-order valence-corrected chi connectivity index (χ4v) is 4.59. The Kier molecular flexibility index (Phi) is 7.18. The van der Waals surface area contributed by atoms with Gasteiger partial charge >= 0.3 is 0 Å². The lowest BCUT2D eigenvalue weighted by Crippen LogP contribution is -2.15. The van der Waals surface area contributed by atoms with Gasteiger partial charge in [0.2, 0.25) is 11.1 Å². The molecule has 0 spiro atoms. The first kappa shape index (κ1) is 24.5. The Morgan fingerprint density at radius 3 is 2.44 bits per heavy atom. The first-order valence-corrected chi connectivity index (χ1v) is 13.0. The Labute approximate surface area is 200 Å². The van der Waals surface area contributed by atoms with Crippen LogP contribution in [0.2, 0.25) is 10.0 Å². The zero-order chi connectivity index (χ0) is 23.7. The van der Waals surface area contributed by atoms with E-state index < -0.39 is 9.84 Å². The van der Waals surface area contributed by atoms with E-state index in [2.05, 4.69) is 41.6 Å². The maximum Gasteiger partial charge on any atom is 0.234 e. The summed E-state index contributed by atoms with van der Waals surface area (Å²) < 4.78 is 24.7. The second kappa shape index (κ2) is 9.38. The van der Waals surface area contributed by atoms with Crippen LogP contribution in [0.5, 0.6) is 0 Å². The van der Waals surface area contributed by atoms with E-state index in [4.69, 9.17) is 23.2 Å². The number of anilines is 1. The Bertz CT molecular complexity index is 1270. The molecule has 1 heterocycles. The van der Waals surface area contributed by atoms with E-state index in [0.717, 1.165) is 23.6 Å². The number of carbonyl (C=O) groups excluding carboxylic acids is 1. The molecule has 0 aliphatic rings. The number of sulfone groups is 1. The van der Waals surface area contributed by atoms with Gasteiger partial charge in [-0.05, 0) is 51.7 Å². The molecule has 32 heavy (non-hydrogen) atoms. The first-order chi connectivity index (χ1) is 14.9. The van der Waals surface area contributed by atoms with Crippen molar-refractivity contribution in [2.45, 2.75) is 36.2 Å². The fourth-order valence-electron chi connectivity index (χ4n) is 2.71. The molecule has 0 fully saturated rings. The van der Waals surface area contributed by atoms with Crippen LogP contribution in [-0.4, -0.2) is 46.5 Å². The van der Waals surface area contributed by atoms with E-state index in [9.17, 15) is 13.2 Å². The van der Waals surface area contributed by atoms with Gasteiger partial charge in [0.05, 0.1) is 32.1 Å². The molecule has 12 heteroatoms. The Hall–Kier alpha value is -2.14. The van der Waals surface area contributed by atoms with E-state index >= 15 is 0 Å². The third kappa shape index (κ3) is 5.80. The lowest BCUT2D eigenvalue weighted by molar-refractivity contribution is -0.113. The highest BCUT2D eigenvalue weighted by molar-refractivity contribution is 7.99. The normalized spacial score (nSPS) is 12.1. The number of thioether (sulfide) groups is 1. The molecule has 0 unspecified atom stereocenters. The van der Waals surface area contributed by atoms with Gasteiger partial charge in [-0.3, -0.25) is 4.79 Å². The molecule has 0 saturated heterocycles. The van der Waals surface area contributed by atoms with Gasteiger partial charge < -0.3 is 5.32 Å². The Balaban J connectivity index is 1.71. The SMILES string of the molecule is CC(C)(C)c1ccc(-n2nnnc2SCC(=O)Nc2ccc(S(C)(=O)=O)cc2Cl)c(Cl)c1. The van der Waals surface area contributed by atoms with Crippen molar-refractivity contribution in [1.29, 1.82) is 0 Å². The monoisotopic (exact) mass is 513 g/mol. The maximum atomic E-state index is 12.4. The van der Waals surface area contributed by atoms with Crippen molar-refractivity contribution in [3.8, 4) is 5.69 Å². The molecule has 0 aliphatic carbocycles. The topological polar surface area (TPSA) is 107 Å². The number of nitrogens with zero attached hydrogens (tertiary/aromatic N) is 4. The number of nitrogens with one attached hydrogen (secondary N) is 1. The molecule has 170 valence electrons. The summed E-state index contributed by atoms with van der Waals surface area (Å²) in [6.07, 6.45) is 1.08. The highest BCUT2D eigenvalue weighted by atomic mass is 35.5. The van der Waals surface area contributed by atoms with Gasteiger partial charge in [0.1, 0.15) is 0 Å². The molecule has 3 rings (SSSR count). The van der Waals surface area contributed by atoms with Crippen molar-refractivity contribution < 1.29 is 13.2 Å². The molecular formula is C20H21Cl2N5O3S2. The molecule has 0 radical (unpaired) electrons. The summed E-state index contributed by atoms with van der Waals surface area (Å²) in [5.41, 5.74) is 1.93. The highest BCUT2D eigenvalue weighted by Gasteiger charge is 2.19. The molecule has 0 bridgehead atoms. The summed E-state index contributed by atoms with van der Waals surface area (Å²) in [4.78, 5) is 12.5. The van der Waals surface area contributed by atoms with E-state index in [1.165, 1.54) is 22.9 Å². The average molecular weight is 514 g/mol. The second-order valence-electron chi connectivity index (χ2n) is 8.04. The largest absolute Gasteiger partial charge is 0.324 e. The minimum atomic E-state index is -3.39. The smallest absolute Gasteiger partial charge is 0.234 e. The number of tetrazole rings is 1. The lowest BCUT2D eigenvalue weighted by Gasteiger charge is -2.20. The number of carbonyl (C=O) groups is 1.